The zero-order valence-electron chi connectivity index (χ0n) is 19.1. The number of fused-ring (bicyclic) bond motifs is 1. The van der Waals surface area contributed by atoms with Crippen LogP contribution in [-0.4, -0.2) is 39.9 Å². The fourth-order valence-corrected chi connectivity index (χ4v) is 8.37. The summed E-state index contributed by atoms with van der Waals surface area (Å²) in [5, 5.41) is 5.76. The van der Waals surface area contributed by atoms with Crippen molar-refractivity contribution in [2.75, 3.05) is 13.1 Å². The predicted octanol–water partition coefficient (Wildman–Crippen LogP) is 4.63. The van der Waals surface area contributed by atoms with E-state index in [1.165, 1.54) is 68.7 Å². The Balaban J connectivity index is 0.925. The minimum absolute atomic E-state index is 0.155. The molecule has 7 rings (SSSR count). The maximum Gasteiger partial charge on any atom is 0.225 e. The topological polar surface area (TPSA) is 58.1 Å². The van der Waals surface area contributed by atoms with Crippen molar-refractivity contribution in [3.05, 3.63) is 31.7 Å². The van der Waals surface area contributed by atoms with E-state index in [1.54, 1.807) is 16.2 Å². The maximum absolute atomic E-state index is 12.3. The van der Waals surface area contributed by atoms with E-state index in [1.807, 2.05) is 24.5 Å². The summed E-state index contributed by atoms with van der Waals surface area (Å²) in [4.78, 5) is 27.0. The molecule has 0 radical (unpaired) electrons. The Labute approximate surface area is 199 Å². The van der Waals surface area contributed by atoms with Gasteiger partial charge >= 0.3 is 0 Å². The van der Waals surface area contributed by atoms with Gasteiger partial charge in [0.1, 0.15) is 0 Å². The van der Waals surface area contributed by atoms with Gasteiger partial charge in [-0.2, -0.15) is 0 Å². The number of hydrogen-bond donors (Lipinski definition) is 1. The number of carbonyl (C=O) groups excluding carboxylic acids is 1. The first-order valence-electron chi connectivity index (χ1n) is 12.5. The number of nitrogens with one attached hydrogen (secondary N) is 1. The van der Waals surface area contributed by atoms with E-state index in [9.17, 15) is 4.79 Å². The van der Waals surface area contributed by atoms with E-state index in [0.717, 1.165) is 41.1 Å². The normalized spacial score (nSPS) is 31.5. The standard InChI is InChI=1S/C25H34N4OS2/c1-16-26-14-20(31-16)10-23(30)27-19-4-2-17(3-5-19)6-8-29-9-7-22-21(15-29)28-24(32-22)25-11-18(12-25)13-25/h14,17-19H,2-13,15H2,1H3,(H,27,30). The van der Waals surface area contributed by atoms with Crippen molar-refractivity contribution in [1.82, 2.24) is 20.2 Å². The Kier molecular flexibility index (Phi) is 5.63. The van der Waals surface area contributed by atoms with E-state index in [2.05, 4.69) is 15.2 Å². The van der Waals surface area contributed by atoms with Crippen LogP contribution in [0.4, 0.5) is 0 Å². The third-order valence-corrected chi connectivity index (χ3v) is 10.7. The molecule has 4 saturated carbocycles. The van der Waals surface area contributed by atoms with Crippen LogP contribution in [0.1, 0.15) is 76.8 Å². The van der Waals surface area contributed by atoms with Crippen molar-refractivity contribution >= 4 is 28.6 Å². The van der Waals surface area contributed by atoms with Crippen molar-refractivity contribution in [2.24, 2.45) is 11.8 Å². The van der Waals surface area contributed by atoms with Crippen LogP contribution in [0.15, 0.2) is 6.20 Å². The van der Waals surface area contributed by atoms with Gasteiger partial charge in [-0.05, 0) is 83.1 Å². The summed E-state index contributed by atoms with van der Waals surface area (Å²) in [6, 6.07) is 0.357. The molecule has 5 aliphatic rings. The van der Waals surface area contributed by atoms with Crippen molar-refractivity contribution in [1.29, 1.82) is 0 Å². The lowest BCUT2D eigenvalue weighted by molar-refractivity contribution is -0.121. The fourth-order valence-electron chi connectivity index (χ4n) is 6.30. The van der Waals surface area contributed by atoms with Gasteiger partial charge in [0.2, 0.25) is 5.91 Å². The van der Waals surface area contributed by atoms with Gasteiger partial charge < -0.3 is 5.32 Å². The second-order valence-electron chi connectivity index (χ2n) is 10.8. The van der Waals surface area contributed by atoms with Crippen molar-refractivity contribution in [3.8, 4) is 0 Å². The van der Waals surface area contributed by atoms with Gasteiger partial charge in [0.25, 0.3) is 0 Å². The van der Waals surface area contributed by atoms with Crippen LogP contribution in [0.5, 0.6) is 0 Å². The average molecular weight is 471 g/mol. The van der Waals surface area contributed by atoms with Crippen molar-refractivity contribution in [3.63, 3.8) is 0 Å². The number of amides is 1. The van der Waals surface area contributed by atoms with Crippen LogP contribution >= 0.6 is 22.7 Å². The molecule has 172 valence electrons. The van der Waals surface area contributed by atoms with E-state index < -0.39 is 0 Å². The monoisotopic (exact) mass is 470 g/mol. The molecule has 0 saturated heterocycles. The number of rotatable bonds is 7. The first-order valence-corrected chi connectivity index (χ1v) is 14.1. The van der Waals surface area contributed by atoms with E-state index in [4.69, 9.17) is 4.98 Å². The molecule has 5 nitrogen and oxygen atoms in total. The fraction of sp³-hybridized carbons (Fsp3) is 0.720. The van der Waals surface area contributed by atoms with Gasteiger partial charge in [0.05, 0.1) is 22.1 Å². The quantitative estimate of drug-likeness (QED) is 0.641. The molecule has 4 aliphatic carbocycles. The molecule has 0 spiro atoms. The lowest BCUT2D eigenvalue weighted by Crippen LogP contribution is -2.55. The molecule has 3 heterocycles. The summed E-state index contributed by atoms with van der Waals surface area (Å²) in [6.07, 6.45) is 13.8. The Morgan fingerprint density at radius 1 is 1.22 bits per heavy atom. The number of hydrogen-bond acceptors (Lipinski definition) is 6. The second-order valence-corrected chi connectivity index (χ2v) is 13.2. The van der Waals surface area contributed by atoms with Gasteiger partial charge in [0.15, 0.2) is 0 Å². The number of nitrogens with zero attached hydrogens (tertiary/aromatic N) is 3. The van der Waals surface area contributed by atoms with E-state index >= 15 is 0 Å². The Morgan fingerprint density at radius 3 is 2.72 bits per heavy atom. The van der Waals surface area contributed by atoms with Crippen LogP contribution in [0.25, 0.3) is 0 Å². The molecule has 1 N–H and O–H groups in total. The Morgan fingerprint density at radius 2 is 2.03 bits per heavy atom. The number of thiazole rings is 2. The summed E-state index contributed by atoms with van der Waals surface area (Å²) in [5.74, 6) is 1.99. The van der Waals surface area contributed by atoms with Crippen LogP contribution in [0.3, 0.4) is 0 Å². The zero-order valence-corrected chi connectivity index (χ0v) is 20.7. The molecule has 2 aromatic heterocycles. The highest BCUT2D eigenvalue weighted by atomic mass is 32.1. The average Bonchev–Trinajstić information content (AvgIpc) is 3.30. The molecule has 32 heavy (non-hydrogen) atoms. The highest BCUT2D eigenvalue weighted by molar-refractivity contribution is 7.12. The Hall–Kier alpha value is -1.31. The summed E-state index contributed by atoms with van der Waals surface area (Å²) < 4.78 is 0. The minimum Gasteiger partial charge on any atom is -0.353 e. The predicted molar refractivity (Wildman–Crippen MR) is 129 cm³/mol. The van der Waals surface area contributed by atoms with Gasteiger partial charge in [-0.1, -0.05) is 0 Å². The van der Waals surface area contributed by atoms with Gasteiger partial charge in [-0.15, -0.1) is 22.7 Å². The number of aryl methyl sites for hydroxylation is 1. The van der Waals surface area contributed by atoms with E-state index in [0.29, 0.717) is 17.9 Å². The lowest BCUT2D eigenvalue weighted by Gasteiger charge is -2.60. The summed E-state index contributed by atoms with van der Waals surface area (Å²) in [7, 11) is 0. The molecule has 0 aromatic carbocycles. The maximum atomic E-state index is 12.3. The molecule has 2 aromatic rings. The van der Waals surface area contributed by atoms with Gasteiger partial charge in [-0.3, -0.25) is 9.69 Å². The molecule has 0 unspecified atom stereocenters. The zero-order chi connectivity index (χ0) is 21.7. The first kappa shape index (κ1) is 21.2. The number of aromatic nitrogens is 2. The third kappa shape index (κ3) is 4.16. The van der Waals surface area contributed by atoms with Gasteiger partial charge in [-0.25, -0.2) is 9.97 Å². The van der Waals surface area contributed by atoms with Crippen LogP contribution in [-0.2, 0) is 29.6 Å². The molecular weight excluding hydrogens is 436 g/mol. The third-order valence-electron chi connectivity index (χ3n) is 8.37. The highest BCUT2D eigenvalue weighted by Gasteiger charge is 2.59. The first-order chi connectivity index (χ1) is 15.5. The second kappa shape index (κ2) is 8.48. The van der Waals surface area contributed by atoms with Gasteiger partial charge in [0, 0.05) is 40.5 Å². The van der Waals surface area contributed by atoms with Crippen LogP contribution in [0.2, 0.25) is 0 Å². The lowest BCUT2D eigenvalue weighted by atomic mass is 9.45. The summed E-state index contributed by atoms with van der Waals surface area (Å²) in [5.41, 5.74) is 1.91. The molecule has 0 atom stereocenters. The molecule has 7 heteroatoms. The highest BCUT2D eigenvalue weighted by Crippen LogP contribution is 2.65. The minimum atomic E-state index is 0.155. The summed E-state index contributed by atoms with van der Waals surface area (Å²) >= 11 is 3.66. The smallest absolute Gasteiger partial charge is 0.225 e. The molecule has 2 bridgehead atoms. The Bertz CT molecular complexity index is 973. The SMILES string of the molecule is Cc1ncc(CC(=O)NC2CCC(CCN3CCc4sc(C56CC(C5)C6)nc4C3)CC2)s1. The molecular formula is C25H34N4OS2. The molecule has 4 fully saturated rings. The largest absolute Gasteiger partial charge is 0.353 e. The summed E-state index contributed by atoms with van der Waals surface area (Å²) in [6.45, 7) is 5.45. The van der Waals surface area contributed by atoms with Crippen molar-refractivity contribution < 1.29 is 4.79 Å². The number of carbonyl (C=O) groups is 1. The van der Waals surface area contributed by atoms with Crippen LogP contribution < -0.4 is 5.32 Å². The van der Waals surface area contributed by atoms with E-state index in [-0.39, 0.29) is 5.91 Å². The van der Waals surface area contributed by atoms with Crippen LogP contribution in [0, 0.1) is 18.8 Å². The van der Waals surface area contributed by atoms with Crippen molar-refractivity contribution in [2.45, 2.75) is 89.1 Å². The molecule has 1 amide bonds. The molecule has 1 aliphatic heterocycles.